The largest absolute Gasteiger partial charge is 0.414 e. The van der Waals surface area contributed by atoms with E-state index < -0.39 is 271 Å². The molecule has 0 aromatic rings. The Hall–Kier alpha value is -0.0987. The Bertz CT molecular complexity index is 3320. The lowest BCUT2D eigenvalue weighted by Gasteiger charge is -2.53. The van der Waals surface area contributed by atoms with Gasteiger partial charge >= 0.3 is 0 Å². The van der Waals surface area contributed by atoms with E-state index in [-0.39, 0.29) is 69.9 Å². The van der Waals surface area contributed by atoms with Gasteiger partial charge in [0.15, 0.2) is 93.9 Å². The molecule has 21 fully saturated rings. The normalized spacial score (nSPS) is 38.7. The maximum absolute atomic E-state index is 11.9. The van der Waals surface area contributed by atoms with E-state index in [9.17, 15) is 5.11 Å². The second-order valence-electron chi connectivity index (χ2n) is 45.9. The highest BCUT2D eigenvalue weighted by Gasteiger charge is 2.64. The Labute approximate surface area is 804 Å². The predicted octanol–water partition coefficient (Wildman–Crippen LogP) is 12.1. The molecule has 35 unspecified atom stereocenters. The van der Waals surface area contributed by atoms with Crippen molar-refractivity contribution in [2.75, 3.05) is 146 Å². The average Bonchev–Trinajstić information content (AvgIpc) is 0.833. The molecular weight excluding hydrogens is 1830 g/mol. The number of aliphatic hydroxyl groups is 1. The van der Waals surface area contributed by atoms with Gasteiger partial charge in [-0.25, -0.2) is 0 Å². The topological polar surface area (TPSA) is 334 Å². The molecule has 1 N–H and O–H groups in total. The minimum absolute atomic E-state index is 0.0189. The molecule has 35 atom stereocenters. The van der Waals surface area contributed by atoms with Gasteiger partial charge in [0, 0.05) is 99.5 Å². The van der Waals surface area contributed by atoms with Crippen LogP contribution in [0.25, 0.3) is 0 Å². The molecule has 0 amide bonds. The highest BCUT2D eigenvalue weighted by Crippen LogP contribution is 2.49. The summed E-state index contributed by atoms with van der Waals surface area (Å²) in [5.41, 5.74) is 0. The van der Waals surface area contributed by atoms with Crippen molar-refractivity contribution in [1.29, 1.82) is 0 Å². The lowest BCUT2D eigenvalue weighted by molar-refractivity contribution is -0.401. The number of aliphatic hydroxyl groups excluding tert-OH is 1. The molecule has 0 aromatic carbocycles. The molecule has 21 aliphatic rings. The molecule has 14 bridgehead atoms. The van der Waals surface area contributed by atoms with Crippen LogP contribution in [-0.4, -0.2) is 416 Å². The summed E-state index contributed by atoms with van der Waals surface area (Å²) >= 11 is 0. The minimum atomic E-state index is -2.66. The first-order valence-electron chi connectivity index (χ1n) is 47.6. The highest BCUT2D eigenvalue weighted by molar-refractivity contribution is 6.76. The van der Waals surface area contributed by atoms with E-state index in [2.05, 4.69) is 203 Å². The van der Waals surface area contributed by atoms with E-state index in [4.69, 9.17) is 159 Å². The summed E-state index contributed by atoms with van der Waals surface area (Å²) in [6, 6.07) is 0. The van der Waals surface area contributed by atoms with E-state index in [1.807, 2.05) is 0 Å². The Morgan fingerprint density at radius 2 is 0.278 bits per heavy atom. The zero-order valence-corrected chi connectivity index (χ0v) is 95.5. The van der Waals surface area contributed by atoms with E-state index in [1.165, 1.54) is 21.3 Å². The van der Waals surface area contributed by atoms with Gasteiger partial charge in [-0.1, -0.05) is 125 Å². The van der Waals surface area contributed by atoms with Crippen LogP contribution >= 0.6 is 0 Å². The van der Waals surface area contributed by atoms with Gasteiger partial charge in [-0.15, -0.1) is 0 Å². The van der Waals surface area contributed by atoms with Crippen LogP contribution in [0.4, 0.5) is 0 Å². The van der Waals surface area contributed by atoms with Crippen molar-refractivity contribution in [3.05, 3.63) is 0 Å². The molecule has 21 rings (SSSR count). The molecule has 21 aliphatic heterocycles. The Kier molecular flexibility index (Phi) is 42.3. The molecule has 0 spiro atoms. The van der Waals surface area contributed by atoms with Crippen molar-refractivity contribution in [1.82, 2.24) is 0 Å². The molecule has 35 nitrogen and oxygen atoms in total. The maximum atomic E-state index is 11.9. The zero-order chi connectivity index (χ0) is 100. The fraction of sp³-hybridized carbons (Fsp3) is 1.00. The fourth-order valence-electron chi connectivity index (χ4n) is 16.8. The summed E-state index contributed by atoms with van der Waals surface area (Å²) in [5.74, 6) is 0. The van der Waals surface area contributed by atoms with Crippen molar-refractivity contribution in [3.63, 3.8) is 0 Å². The van der Waals surface area contributed by atoms with Crippen molar-refractivity contribution < 1.29 is 164 Å². The summed E-state index contributed by atoms with van der Waals surface area (Å²) in [7, 11) is 5.88. The monoisotopic (exact) mass is 2020 g/mol. The second-order valence-corrected chi connectivity index (χ2v) is 74.8. The zero-order valence-electron chi connectivity index (χ0n) is 89.5. The van der Waals surface area contributed by atoms with Crippen LogP contribution in [0.15, 0.2) is 0 Å². The molecule has 21 saturated heterocycles. The first-order valence-corrected chi connectivity index (χ1v) is 65.0. The lowest BCUT2D eigenvalue weighted by Crippen LogP contribution is -2.70. The third-order valence-electron chi connectivity index (χ3n) is 31.7. The molecule has 0 saturated carbocycles. The number of methoxy groups -OCH3 is 14. The van der Waals surface area contributed by atoms with E-state index in [1.54, 1.807) is 78.2 Å². The van der Waals surface area contributed by atoms with E-state index in [0.29, 0.717) is 0 Å². The van der Waals surface area contributed by atoms with Crippen LogP contribution in [0.3, 0.4) is 0 Å². The number of hydrogen-bond acceptors (Lipinski definition) is 35. The van der Waals surface area contributed by atoms with Gasteiger partial charge < -0.3 is 164 Å². The van der Waals surface area contributed by atoms with Gasteiger partial charge in [0.2, 0.25) is 0 Å². The van der Waals surface area contributed by atoms with Gasteiger partial charge in [-0.3, -0.25) is 0 Å². The van der Waals surface area contributed by atoms with E-state index >= 15 is 0 Å². The van der Waals surface area contributed by atoms with Gasteiger partial charge in [-0.05, 0) is 109 Å². The maximum Gasteiger partial charge on any atom is 0.192 e. The van der Waals surface area contributed by atoms with Crippen molar-refractivity contribution in [3.8, 4) is 0 Å². The van der Waals surface area contributed by atoms with E-state index in [0.717, 1.165) is 0 Å². The standard InChI is InChI=1S/C92H182O35Si6/c1-87(2,3)128(33,34)108-46-53-60-67(95-20)75(103-28)82(116-53)124-62-55(48-110-130(37,38)89(7,8)9)118-84(77(105-30)69(62)97-22)126-64-57(50-112-132(41,42)91(13,14)15)120-86(79(107-32)71(64)99-24)127-65-58(51-113-133(43,44)92(16,17)18)119-85(78(106-31)72(65)100-25)125-63-56(49-111-131(39,40)90(10,11)12)117-83(76(104-29)70(63)98-23)123-61-54(47-109-129(35,36)88(4,5)6)115-81(74(102-27)68(61)96-21)121-59-52(45-93)114-80(122-60)73(101-26)66(59)94-19/h52-86,93H,45-51H2,1-44H3. The molecule has 0 aromatic heterocycles. The summed E-state index contributed by atoms with van der Waals surface area (Å²) in [6.45, 7) is 64.2. The lowest BCUT2D eigenvalue weighted by atomic mass is 9.94. The van der Waals surface area contributed by atoms with Gasteiger partial charge in [0.25, 0.3) is 0 Å². The van der Waals surface area contributed by atoms with Crippen LogP contribution in [0.2, 0.25) is 109 Å². The third kappa shape index (κ3) is 26.9. The first-order chi connectivity index (χ1) is 61.6. The minimum Gasteiger partial charge on any atom is -0.414 e. The Balaban J connectivity index is 1.40. The molecule has 0 radical (unpaired) electrons. The second kappa shape index (κ2) is 47.6. The first kappa shape index (κ1) is 118. The van der Waals surface area contributed by atoms with Crippen molar-refractivity contribution in [2.24, 2.45) is 0 Å². The number of rotatable bonds is 33. The molecule has 41 heteroatoms. The van der Waals surface area contributed by atoms with Crippen molar-refractivity contribution >= 4 is 49.9 Å². The van der Waals surface area contributed by atoms with Crippen LogP contribution in [0.1, 0.15) is 125 Å². The summed E-state index contributed by atoms with van der Waals surface area (Å²) in [5, 5.41) is 10.3. The number of ether oxygens (including phenoxy) is 28. The highest BCUT2D eigenvalue weighted by atomic mass is 28.4. The smallest absolute Gasteiger partial charge is 0.192 e. The van der Waals surface area contributed by atoms with Crippen LogP contribution in [0, 0.1) is 0 Å². The molecule has 784 valence electrons. The van der Waals surface area contributed by atoms with Gasteiger partial charge in [-0.2, -0.15) is 0 Å². The number of hydrogen-bond donors (Lipinski definition) is 1. The van der Waals surface area contributed by atoms with Crippen LogP contribution in [-0.2, 0) is 159 Å². The quantitative estimate of drug-likeness (QED) is 0.0596. The van der Waals surface area contributed by atoms with Crippen molar-refractivity contribution in [2.45, 2.75) is 448 Å². The third-order valence-corrected chi connectivity index (χ3v) is 58.7. The SMILES string of the molecule is COC1C2OC(CO)C(OC3OC(CO[Si](C)(C)C(C)(C)C)C(OC4OC(CO[Si](C)(C)C(C)(C)C)C(OC5OC(CO[Si](C)(C)C(C)(C)C)C(OC6OC(CO[Si](C)(C)C(C)(C)C)C(OC7OC(CO[Si](C)(C)C(C)(C)C)C(OC8OC(CO[Si](C)(C)C(C)(C)C)C(O2)C(OC)C8OC)C(OC)C7OC)C(OC)C6OC)C(OC)C5OC)C(OC)C4OC)C(OC)C3OC)C1OC. The Morgan fingerprint density at radius 1 is 0.173 bits per heavy atom. The molecular formula is C92H182O35Si6. The van der Waals surface area contributed by atoms with Gasteiger partial charge in [0.1, 0.15) is 171 Å². The summed E-state index contributed by atoms with van der Waals surface area (Å²) in [4.78, 5) is 0. The van der Waals surface area contributed by atoms with Crippen LogP contribution in [0.5, 0.6) is 0 Å². The molecule has 21 heterocycles. The predicted molar refractivity (Wildman–Crippen MR) is 512 cm³/mol. The molecule has 0 aliphatic carbocycles. The van der Waals surface area contributed by atoms with Crippen LogP contribution < -0.4 is 0 Å². The summed E-state index contributed by atoms with van der Waals surface area (Å²) < 4.78 is 241. The molecule has 133 heavy (non-hydrogen) atoms. The summed E-state index contributed by atoms with van der Waals surface area (Å²) in [6.07, 6.45) is -39.1. The average molecular weight is 2020 g/mol. The Morgan fingerprint density at radius 3 is 0.376 bits per heavy atom. The van der Waals surface area contributed by atoms with Gasteiger partial charge in [0.05, 0.1) is 46.2 Å². The fourth-order valence-corrected chi connectivity index (χ4v) is 22.8.